The minimum absolute atomic E-state index is 0.0826. The molecule has 0 fully saturated rings. The number of carboxylic acid groups (broad SMARTS) is 1. The average Bonchev–Trinajstić information content (AvgIpc) is 2.28. The van der Waals surface area contributed by atoms with E-state index in [2.05, 4.69) is 9.97 Å². The van der Waals surface area contributed by atoms with Gasteiger partial charge in [0.2, 0.25) is 5.88 Å². The maximum atomic E-state index is 10.9. The Bertz CT molecular complexity index is 396. The van der Waals surface area contributed by atoms with Crippen LogP contribution in [0.4, 0.5) is 5.82 Å². The Morgan fingerprint density at radius 3 is 2.78 bits per heavy atom. The number of carboxylic acids is 1. The fourth-order valence-corrected chi connectivity index (χ4v) is 1.57. The summed E-state index contributed by atoms with van der Waals surface area (Å²) in [6.45, 7) is 6.97. The molecule has 6 heteroatoms. The van der Waals surface area contributed by atoms with Gasteiger partial charge in [-0.2, -0.15) is 0 Å². The minimum atomic E-state index is -0.882. The monoisotopic (exact) mass is 253 g/mol. The second-order valence-corrected chi connectivity index (χ2v) is 4.32. The average molecular weight is 253 g/mol. The molecule has 0 atom stereocenters. The van der Waals surface area contributed by atoms with Crippen molar-refractivity contribution in [3.8, 4) is 5.88 Å². The Balaban J connectivity index is 2.88. The molecule has 100 valence electrons. The molecular weight excluding hydrogens is 234 g/mol. The standard InChI is InChI=1S/C12H19N3O3/c1-4-18-11-5-10(13-8-14-11)15(6-9(2)3)7-12(16)17/h5,8-9H,4,6-7H2,1-3H3,(H,16,17). The summed E-state index contributed by atoms with van der Waals surface area (Å²) in [6.07, 6.45) is 1.38. The molecule has 0 amide bonds. The van der Waals surface area contributed by atoms with Crippen molar-refractivity contribution < 1.29 is 14.6 Å². The first-order valence-corrected chi connectivity index (χ1v) is 5.94. The Morgan fingerprint density at radius 1 is 1.50 bits per heavy atom. The van der Waals surface area contributed by atoms with E-state index >= 15 is 0 Å². The molecule has 1 aromatic rings. The van der Waals surface area contributed by atoms with Crippen LogP contribution in [0.25, 0.3) is 0 Å². The van der Waals surface area contributed by atoms with E-state index in [0.29, 0.717) is 30.8 Å². The van der Waals surface area contributed by atoms with Crippen LogP contribution in [0.1, 0.15) is 20.8 Å². The van der Waals surface area contributed by atoms with E-state index in [4.69, 9.17) is 9.84 Å². The summed E-state index contributed by atoms with van der Waals surface area (Å²) in [5, 5.41) is 8.91. The molecule has 0 aliphatic carbocycles. The summed E-state index contributed by atoms with van der Waals surface area (Å²) in [6, 6.07) is 1.66. The molecule has 0 aliphatic heterocycles. The Morgan fingerprint density at radius 2 is 2.22 bits per heavy atom. The molecule has 0 unspecified atom stereocenters. The summed E-state index contributed by atoms with van der Waals surface area (Å²) < 4.78 is 5.28. The van der Waals surface area contributed by atoms with E-state index in [9.17, 15) is 4.79 Å². The zero-order valence-electron chi connectivity index (χ0n) is 11.0. The van der Waals surface area contributed by atoms with Gasteiger partial charge < -0.3 is 14.7 Å². The first-order valence-electron chi connectivity index (χ1n) is 5.94. The van der Waals surface area contributed by atoms with Crippen LogP contribution in [0.5, 0.6) is 5.88 Å². The van der Waals surface area contributed by atoms with Gasteiger partial charge >= 0.3 is 5.97 Å². The minimum Gasteiger partial charge on any atom is -0.480 e. The van der Waals surface area contributed by atoms with E-state index < -0.39 is 5.97 Å². The third-order valence-electron chi connectivity index (χ3n) is 2.16. The maximum Gasteiger partial charge on any atom is 0.323 e. The lowest BCUT2D eigenvalue weighted by atomic mass is 10.2. The van der Waals surface area contributed by atoms with Crippen LogP contribution < -0.4 is 9.64 Å². The van der Waals surface area contributed by atoms with Crippen molar-refractivity contribution in [3.63, 3.8) is 0 Å². The lowest BCUT2D eigenvalue weighted by Crippen LogP contribution is -2.33. The Kier molecular flexibility index (Phi) is 5.35. The molecule has 18 heavy (non-hydrogen) atoms. The summed E-state index contributed by atoms with van der Waals surface area (Å²) in [4.78, 5) is 20.6. The van der Waals surface area contributed by atoms with Crippen LogP contribution in [0.3, 0.4) is 0 Å². The fourth-order valence-electron chi connectivity index (χ4n) is 1.57. The molecular formula is C12H19N3O3. The summed E-state index contributed by atoms with van der Waals surface area (Å²) >= 11 is 0. The third kappa shape index (κ3) is 4.57. The highest BCUT2D eigenvalue weighted by atomic mass is 16.5. The molecule has 0 bridgehead atoms. The van der Waals surface area contributed by atoms with Crippen LogP contribution in [0, 0.1) is 5.92 Å². The van der Waals surface area contributed by atoms with Gasteiger partial charge in [0.25, 0.3) is 0 Å². The summed E-state index contributed by atoms with van der Waals surface area (Å²) in [7, 11) is 0. The van der Waals surface area contributed by atoms with Crippen molar-refractivity contribution >= 4 is 11.8 Å². The number of hydrogen-bond donors (Lipinski definition) is 1. The number of hydrogen-bond acceptors (Lipinski definition) is 5. The van der Waals surface area contributed by atoms with Crippen molar-refractivity contribution in [2.45, 2.75) is 20.8 Å². The highest BCUT2D eigenvalue weighted by Gasteiger charge is 2.14. The fraction of sp³-hybridized carbons (Fsp3) is 0.583. The molecule has 0 aliphatic rings. The van der Waals surface area contributed by atoms with Gasteiger partial charge in [-0.3, -0.25) is 4.79 Å². The van der Waals surface area contributed by atoms with Gasteiger partial charge in [-0.25, -0.2) is 9.97 Å². The number of rotatable bonds is 7. The van der Waals surface area contributed by atoms with Crippen molar-refractivity contribution in [3.05, 3.63) is 12.4 Å². The van der Waals surface area contributed by atoms with Gasteiger partial charge in [-0.05, 0) is 12.8 Å². The van der Waals surface area contributed by atoms with Crippen molar-refractivity contribution in [2.24, 2.45) is 5.92 Å². The number of nitrogens with zero attached hydrogens (tertiary/aromatic N) is 3. The molecule has 0 saturated heterocycles. The van der Waals surface area contributed by atoms with Crippen molar-refractivity contribution in [1.29, 1.82) is 0 Å². The first-order chi connectivity index (χ1) is 8.52. The van der Waals surface area contributed by atoms with Crippen LogP contribution in [0.15, 0.2) is 12.4 Å². The highest BCUT2D eigenvalue weighted by Crippen LogP contribution is 2.16. The van der Waals surface area contributed by atoms with Gasteiger partial charge in [0.15, 0.2) is 0 Å². The Labute approximate surface area is 107 Å². The molecule has 6 nitrogen and oxygen atoms in total. The maximum absolute atomic E-state index is 10.9. The van der Waals surface area contributed by atoms with Crippen LogP contribution >= 0.6 is 0 Å². The van der Waals surface area contributed by atoms with Gasteiger partial charge in [0.1, 0.15) is 18.7 Å². The van der Waals surface area contributed by atoms with Crippen LogP contribution in [-0.2, 0) is 4.79 Å². The number of anilines is 1. The number of carbonyl (C=O) groups is 1. The van der Waals surface area contributed by atoms with E-state index in [1.54, 1.807) is 11.0 Å². The zero-order chi connectivity index (χ0) is 13.5. The van der Waals surface area contributed by atoms with Crippen molar-refractivity contribution in [2.75, 3.05) is 24.6 Å². The molecule has 1 aromatic heterocycles. The number of aromatic nitrogens is 2. The molecule has 0 aromatic carbocycles. The largest absolute Gasteiger partial charge is 0.480 e. The second-order valence-electron chi connectivity index (χ2n) is 4.32. The molecule has 1 N–H and O–H groups in total. The summed E-state index contributed by atoms with van der Waals surface area (Å²) in [5.74, 6) is 0.494. The van der Waals surface area contributed by atoms with Gasteiger partial charge in [-0.15, -0.1) is 0 Å². The van der Waals surface area contributed by atoms with E-state index in [1.165, 1.54) is 6.33 Å². The van der Waals surface area contributed by atoms with Crippen LogP contribution in [0.2, 0.25) is 0 Å². The number of ether oxygens (including phenoxy) is 1. The predicted octanol–water partition coefficient (Wildman–Crippen LogP) is 1.42. The first kappa shape index (κ1) is 14.2. The van der Waals surface area contributed by atoms with Gasteiger partial charge in [0, 0.05) is 12.6 Å². The second kappa shape index (κ2) is 6.78. The smallest absolute Gasteiger partial charge is 0.323 e. The molecule has 0 saturated carbocycles. The van der Waals surface area contributed by atoms with Gasteiger partial charge in [-0.1, -0.05) is 13.8 Å². The normalized spacial score (nSPS) is 10.4. The molecule has 1 heterocycles. The topological polar surface area (TPSA) is 75.5 Å². The summed E-state index contributed by atoms with van der Waals surface area (Å²) in [5.41, 5.74) is 0. The molecule has 0 radical (unpaired) electrons. The lowest BCUT2D eigenvalue weighted by molar-refractivity contribution is -0.135. The van der Waals surface area contributed by atoms with Crippen LogP contribution in [-0.4, -0.2) is 40.7 Å². The molecule has 1 rings (SSSR count). The van der Waals surface area contributed by atoms with E-state index in [0.717, 1.165) is 0 Å². The number of aliphatic carboxylic acids is 1. The predicted molar refractivity (Wildman–Crippen MR) is 67.9 cm³/mol. The third-order valence-corrected chi connectivity index (χ3v) is 2.16. The van der Waals surface area contributed by atoms with E-state index in [-0.39, 0.29) is 6.54 Å². The van der Waals surface area contributed by atoms with Crippen molar-refractivity contribution in [1.82, 2.24) is 9.97 Å². The SMILES string of the molecule is CCOc1cc(N(CC(=O)O)CC(C)C)ncn1. The highest BCUT2D eigenvalue weighted by molar-refractivity contribution is 5.73. The van der Waals surface area contributed by atoms with E-state index in [1.807, 2.05) is 20.8 Å². The molecule has 0 spiro atoms. The zero-order valence-corrected chi connectivity index (χ0v) is 11.0. The Hall–Kier alpha value is -1.85. The lowest BCUT2D eigenvalue weighted by Gasteiger charge is -2.23. The quantitative estimate of drug-likeness (QED) is 0.792. The van der Waals surface area contributed by atoms with Gasteiger partial charge in [0.05, 0.1) is 6.61 Å².